The average Bonchev–Trinajstić information content (AvgIpc) is 3.06. The van der Waals surface area contributed by atoms with Crippen molar-refractivity contribution in [1.29, 1.82) is 5.26 Å². The predicted octanol–water partition coefficient (Wildman–Crippen LogP) is 2.86. The third-order valence-corrected chi connectivity index (χ3v) is 3.19. The minimum absolute atomic E-state index is 0.343. The summed E-state index contributed by atoms with van der Waals surface area (Å²) in [5.74, 6) is 0.946. The Morgan fingerprint density at radius 3 is 2.65 bits per heavy atom. The Morgan fingerprint density at radius 2 is 2.12 bits per heavy atom. The van der Waals surface area contributed by atoms with E-state index in [0.29, 0.717) is 6.04 Å². The fraction of sp³-hybridized carbons (Fsp3) is 0.929. The van der Waals surface area contributed by atoms with Gasteiger partial charge in [0.25, 0.3) is 0 Å². The normalized spacial score (nSPS) is 19.0. The molecule has 0 heterocycles. The molecule has 98 valence electrons. The van der Waals surface area contributed by atoms with Gasteiger partial charge in [-0.05, 0) is 46.0 Å². The molecule has 1 aliphatic carbocycles. The van der Waals surface area contributed by atoms with Crippen molar-refractivity contribution in [3.63, 3.8) is 0 Å². The molecular weight excluding hydrogens is 212 g/mol. The van der Waals surface area contributed by atoms with Gasteiger partial charge in [0.05, 0.1) is 6.07 Å². The topological polar surface area (TPSA) is 45.0 Å². The van der Waals surface area contributed by atoms with E-state index in [-0.39, 0.29) is 0 Å². The third kappa shape index (κ3) is 6.65. The molecule has 1 aliphatic rings. The Labute approximate surface area is 106 Å². The van der Waals surface area contributed by atoms with E-state index in [2.05, 4.69) is 25.2 Å². The van der Waals surface area contributed by atoms with E-state index in [1.165, 1.54) is 19.3 Å². The molecule has 0 aromatic heterocycles. The summed E-state index contributed by atoms with van der Waals surface area (Å²) in [5, 5.41) is 12.5. The molecule has 0 spiro atoms. The second-order valence-corrected chi connectivity index (χ2v) is 5.69. The van der Waals surface area contributed by atoms with Crippen molar-refractivity contribution >= 4 is 0 Å². The van der Waals surface area contributed by atoms with E-state index >= 15 is 0 Å². The summed E-state index contributed by atoms with van der Waals surface area (Å²) in [6, 6.07) is 2.71. The van der Waals surface area contributed by atoms with E-state index in [1.54, 1.807) is 0 Å². The molecule has 1 N–H and O–H groups in total. The third-order valence-electron chi connectivity index (χ3n) is 3.19. The van der Waals surface area contributed by atoms with Crippen LogP contribution in [0.2, 0.25) is 0 Å². The van der Waals surface area contributed by atoms with Crippen LogP contribution in [0.25, 0.3) is 0 Å². The van der Waals surface area contributed by atoms with Crippen LogP contribution in [0.5, 0.6) is 0 Å². The molecule has 0 radical (unpaired) electrons. The number of nitriles is 1. The Morgan fingerprint density at radius 1 is 1.41 bits per heavy atom. The zero-order chi connectivity index (χ0) is 12.7. The molecule has 3 nitrogen and oxygen atoms in total. The first kappa shape index (κ1) is 14.5. The quantitative estimate of drug-likeness (QED) is 0.628. The van der Waals surface area contributed by atoms with Gasteiger partial charge in [-0.15, -0.1) is 0 Å². The smallest absolute Gasteiger partial charge is 0.104 e. The van der Waals surface area contributed by atoms with Gasteiger partial charge in [0.1, 0.15) is 5.54 Å². The highest BCUT2D eigenvalue weighted by molar-refractivity contribution is 5.04. The second-order valence-electron chi connectivity index (χ2n) is 5.69. The Bertz CT molecular complexity index is 255. The molecular formula is C14H26N2O. The maximum atomic E-state index is 9.16. The minimum Gasteiger partial charge on any atom is -0.381 e. The summed E-state index contributed by atoms with van der Waals surface area (Å²) in [7, 11) is 0. The zero-order valence-electron chi connectivity index (χ0n) is 11.5. The van der Waals surface area contributed by atoms with Crippen molar-refractivity contribution in [3.05, 3.63) is 0 Å². The number of ether oxygens (including phenoxy) is 1. The van der Waals surface area contributed by atoms with Crippen LogP contribution in [0.15, 0.2) is 0 Å². The van der Waals surface area contributed by atoms with Crippen molar-refractivity contribution in [1.82, 2.24) is 5.32 Å². The molecule has 1 unspecified atom stereocenters. The van der Waals surface area contributed by atoms with Gasteiger partial charge in [-0.2, -0.15) is 5.26 Å². The van der Waals surface area contributed by atoms with Crippen LogP contribution in [-0.4, -0.2) is 24.8 Å². The maximum Gasteiger partial charge on any atom is 0.104 e. The van der Waals surface area contributed by atoms with Gasteiger partial charge in [0, 0.05) is 19.3 Å². The Hall–Kier alpha value is -0.590. The van der Waals surface area contributed by atoms with Crippen molar-refractivity contribution in [2.24, 2.45) is 5.92 Å². The first-order chi connectivity index (χ1) is 8.06. The van der Waals surface area contributed by atoms with Crippen LogP contribution in [0.3, 0.4) is 0 Å². The van der Waals surface area contributed by atoms with Gasteiger partial charge >= 0.3 is 0 Å². The first-order valence-electron chi connectivity index (χ1n) is 6.82. The fourth-order valence-electron chi connectivity index (χ4n) is 2.08. The highest BCUT2D eigenvalue weighted by Crippen LogP contribution is 2.32. The second kappa shape index (κ2) is 6.98. The summed E-state index contributed by atoms with van der Waals surface area (Å²) in [4.78, 5) is 0. The van der Waals surface area contributed by atoms with Crippen LogP contribution in [0.4, 0.5) is 0 Å². The highest BCUT2D eigenvalue weighted by atomic mass is 16.5. The van der Waals surface area contributed by atoms with Crippen LogP contribution < -0.4 is 5.32 Å². The zero-order valence-corrected chi connectivity index (χ0v) is 11.5. The number of hydrogen-bond acceptors (Lipinski definition) is 3. The lowest BCUT2D eigenvalue weighted by Gasteiger charge is -2.25. The molecule has 0 bridgehead atoms. The first-order valence-corrected chi connectivity index (χ1v) is 6.82. The number of hydrogen-bond donors (Lipinski definition) is 1. The van der Waals surface area contributed by atoms with E-state index < -0.39 is 5.54 Å². The largest absolute Gasteiger partial charge is 0.381 e. The van der Waals surface area contributed by atoms with Crippen molar-refractivity contribution in [3.8, 4) is 6.07 Å². The monoisotopic (exact) mass is 238 g/mol. The standard InChI is InChI=1S/C14H26N2O/c1-12(2)16-14(3,11-15)8-4-9-17-10-7-13-5-6-13/h12-13,16H,4-10H2,1-3H3. The van der Waals surface area contributed by atoms with E-state index in [9.17, 15) is 0 Å². The summed E-state index contributed by atoms with van der Waals surface area (Å²) in [5.41, 5.74) is -0.409. The minimum atomic E-state index is -0.409. The van der Waals surface area contributed by atoms with E-state index in [1.807, 2.05) is 6.92 Å². The summed E-state index contributed by atoms with van der Waals surface area (Å²) >= 11 is 0. The Kier molecular flexibility index (Phi) is 5.94. The molecule has 1 atom stereocenters. The lowest BCUT2D eigenvalue weighted by Crippen LogP contribution is -2.45. The van der Waals surface area contributed by atoms with Crippen LogP contribution in [-0.2, 0) is 4.74 Å². The molecule has 1 rings (SSSR count). The maximum absolute atomic E-state index is 9.16. The SMILES string of the molecule is CC(C)NC(C)(C#N)CCCOCCC1CC1. The van der Waals surface area contributed by atoms with Gasteiger partial charge in [-0.25, -0.2) is 0 Å². The summed E-state index contributed by atoms with van der Waals surface area (Å²) < 4.78 is 5.59. The van der Waals surface area contributed by atoms with Crippen molar-refractivity contribution in [2.45, 2.75) is 64.5 Å². The molecule has 3 heteroatoms. The Balaban J connectivity index is 2.03. The number of nitrogens with one attached hydrogen (secondary N) is 1. The van der Waals surface area contributed by atoms with E-state index in [0.717, 1.165) is 32.0 Å². The van der Waals surface area contributed by atoms with E-state index in [4.69, 9.17) is 10.00 Å². The lowest BCUT2D eigenvalue weighted by atomic mass is 9.97. The summed E-state index contributed by atoms with van der Waals surface area (Å²) in [6.07, 6.45) is 5.82. The molecule has 0 aliphatic heterocycles. The van der Waals surface area contributed by atoms with Crippen LogP contribution in [0, 0.1) is 17.2 Å². The number of rotatable bonds is 9. The van der Waals surface area contributed by atoms with Gasteiger partial charge in [0.15, 0.2) is 0 Å². The number of nitrogens with zero attached hydrogens (tertiary/aromatic N) is 1. The molecule has 0 saturated heterocycles. The van der Waals surface area contributed by atoms with Crippen molar-refractivity contribution < 1.29 is 4.74 Å². The molecule has 0 amide bonds. The molecule has 17 heavy (non-hydrogen) atoms. The predicted molar refractivity (Wildman–Crippen MR) is 69.7 cm³/mol. The molecule has 0 aromatic rings. The van der Waals surface area contributed by atoms with Gasteiger partial charge in [0.2, 0.25) is 0 Å². The molecule has 1 saturated carbocycles. The van der Waals surface area contributed by atoms with Gasteiger partial charge in [-0.1, -0.05) is 12.8 Å². The average molecular weight is 238 g/mol. The van der Waals surface area contributed by atoms with Gasteiger partial charge < -0.3 is 4.74 Å². The molecule has 0 aromatic carbocycles. The summed E-state index contributed by atoms with van der Waals surface area (Å²) in [6.45, 7) is 7.79. The van der Waals surface area contributed by atoms with Crippen LogP contribution >= 0.6 is 0 Å². The fourth-order valence-corrected chi connectivity index (χ4v) is 2.08. The van der Waals surface area contributed by atoms with Crippen molar-refractivity contribution in [2.75, 3.05) is 13.2 Å². The van der Waals surface area contributed by atoms with Gasteiger partial charge in [-0.3, -0.25) is 5.32 Å². The molecule has 1 fully saturated rings. The highest BCUT2D eigenvalue weighted by Gasteiger charge is 2.23. The lowest BCUT2D eigenvalue weighted by molar-refractivity contribution is 0.120. The van der Waals surface area contributed by atoms with Crippen LogP contribution in [0.1, 0.15) is 52.9 Å².